The molecule has 3 aromatic heterocycles. The van der Waals surface area contributed by atoms with Crippen LogP contribution in [0.15, 0.2) is 393 Å². The van der Waals surface area contributed by atoms with Crippen LogP contribution in [0.25, 0.3) is 159 Å². The third-order valence-electron chi connectivity index (χ3n) is 22.5. The lowest BCUT2D eigenvalue weighted by molar-refractivity contribution is 0.669. The maximum atomic E-state index is 7.23. The van der Waals surface area contributed by atoms with Crippen molar-refractivity contribution in [3.8, 4) is 94.7 Å². The minimum absolute atomic E-state index is 0.357. The zero-order valence-corrected chi connectivity index (χ0v) is 59.5. The molecule has 0 atom stereocenters. The first-order valence-corrected chi connectivity index (χ1v) is 38.0. The molecule has 502 valence electrons. The van der Waals surface area contributed by atoms with Gasteiger partial charge >= 0.3 is 0 Å². The number of nitrogens with zero attached hydrogens (tertiary/aromatic N) is 3. The van der Waals surface area contributed by atoms with Gasteiger partial charge in [0.1, 0.15) is 11.2 Å². The third kappa shape index (κ3) is 9.84. The van der Waals surface area contributed by atoms with E-state index < -0.39 is 0 Å². The minimum Gasteiger partial charge on any atom is -0.456 e. The Balaban J connectivity index is 0.922. The van der Waals surface area contributed by atoms with Crippen molar-refractivity contribution in [1.82, 2.24) is 4.57 Å². The summed E-state index contributed by atoms with van der Waals surface area (Å²) in [5, 5.41) is 6.96. The van der Waals surface area contributed by atoms with Gasteiger partial charge in [-0.2, -0.15) is 0 Å². The molecule has 0 aliphatic carbocycles. The van der Waals surface area contributed by atoms with Gasteiger partial charge in [0.2, 0.25) is 0 Å². The predicted molar refractivity (Wildman–Crippen MR) is 458 cm³/mol. The molecule has 0 radical (unpaired) electrons. The van der Waals surface area contributed by atoms with Crippen molar-refractivity contribution < 1.29 is 4.42 Å². The Hall–Kier alpha value is -13.8. The highest BCUT2D eigenvalue weighted by Crippen LogP contribution is 2.57. The molecule has 6 heteroatoms. The van der Waals surface area contributed by atoms with E-state index in [-0.39, 0.29) is 6.71 Å². The lowest BCUT2D eigenvalue weighted by atomic mass is 9.33. The van der Waals surface area contributed by atoms with Crippen LogP contribution >= 0.6 is 11.3 Å². The molecule has 108 heavy (non-hydrogen) atoms. The maximum Gasteiger partial charge on any atom is 0.252 e. The fourth-order valence-electron chi connectivity index (χ4n) is 17.7. The van der Waals surface area contributed by atoms with Crippen LogP contribution < -0.4 is 26.2 Å². The number of benzene rings is 17. The molecule has 0 bridgehead atoms. The first-order chi connectivity index (χ1) is 53.6. The van der Waals surface area contributed by atoms with Crippen LogP contribution in [-0.4, -0.2) is 11.3 Å². The van der Waals surface area contributed by atoms with Crippen LogP contribution in [0.2, 0.25) is 0 Å². The highest BCUT2D eigenvalue weighted by atomic mass is 32.1. The number of hydrogen-bond acceptors (Lipinski definition) is 4. The molecular weight excluding hydrogens is 1330 g/mol. The summed E-state index contributed by atoms with van der Waals surface area (Å²) in [5.41, 5.74) is 33.3. The highest BCUT2D eigenvalue weighted by molar-refractivity contribution is 7.26. The summed E-state index contributed by atoms with van der Waals surface area (Å²) in [7, 11) is 0. The molecule has 4 nitrogen and oxygen atoms in total. The summed E-state index contributed by atoms with van der Waals surface area (Å²) in [4.78, 5) is 5.43. The van der Waals surface area contributed by atoms with E-state index >= 15 is 0 Å². The molecular formula is C102H64BN3OS. The number of thiophene rings is 1. The Morgan fingerprint density at radius 3 is 1.15 bits per heavy atom. The minimum atomic E-state index is -0.357. The average molecular weight is 1390 g/mol. The lowest BCUT2D eigenvalue weighted by Gasteiger charge is -2.46. The van der Waals surface area contributed by atoms with Crippen LogP contribution in [0.4, 0.5) is 34.1 Å². The molecule has 0 saturated carbocycles. The molecule has 0 spiro atoms. The van der Waals surface area contributed by atoms with Gasteiger partial charge in [0, 0.05) is 82.0 Å². The van der Waals surface area contributed by atoms with E-state index in [1.165, 1.54) is 41.9 Å². The van der Waals surface area contributed by atoms with Crippen LogP contribution in [0.1, 0.15) is 0 Å². The second-order valence-electron chi connectivity index (χ2n) is 28.5. The Morgan fingerprint density at radius 2 is 0.639 bits per heavy atom. The summed E-state index contributed by atoms with van der Waals surface area (Å²) < 4.78 is 12.2. The lowest BCUT2D eigenvalue weighted by Crippen LogP contribution is -2.61. The largest absolute Gasteiger partial charge is 0.456 e. The van der Waals surface area contributed by atoms with Gasteiger partial charge in [-0.1, -0.05) is 303 Å². The molecule has 2 aliphatic heterocycles. The maximum absolute atomic E-state index is 7.23. The van der Waals surface area contributed by atoms with Gasteiger partial charge in [-0.05, 0) is 168 Å². The van der Waals surface area contributed by atoms with Crippen LogP contribution in [0.5, 0.6) is 0 Å². The van der Waals surface area contributed by atoms with E-state index in [9.17, 15) is 0 Å². The van der Waals surface area contributed by atoms with Gasteiger partial charge in [-0.3, -0.25) is 0 Å². The zero-order chi connectivity index (χ0) is 70.9. The number of anilines is 6. The molecule has 0 N–H and O–H groups in total. The predicted octanol–water partition coefficient (Wildman–Crippen LogP) is 26.5. The van der Waals surface area contributed by atoms with Crippen molar-refractivity contribution in [2.45, 2.75) is 0 Å². The normalized spacial score (nSPS) is 12.4. The molecule has 0 unspecified atom stereocenters. The fourth-order valence-corrected chi connectivity index (χ4v) is 19.0. The number of fused-ring (bicyclic) bond motifs is 14. The van der Waals surface area contributed by atoms with Crippen molar-refractivity contribution in [1.29, 1.82) is 0 Å². The van der Waals surface area contributed by atoms with Crippen molar-refractivity contribution >= 4 is 132 Å². The molecule has 22 rings (SSSR count). The Bertz CT molecular complexity index is 6760. The topological polar surface area (TPSA) is 24.6 Å². The average Bonchev–Trinajstić information content (AvgIpc) is 1.29. The SMILES string of the molecule is c1ccc(-c2cccc(-c3cccc(-c4cccc(-c5ccccc5)c4)c3N3c4ccc(-n5c6ccccc6c6ccccc65)cc4B4c5cc6oc7ccccc7c6cc5N(c5c(-c6cccc(-c7ccccc7)c6)cccc5-c5cccc(-c6ccccc6)c5)c5c4c3cc3c5sc4ccccc43)c2)cc1. The number of hydrogen-bond donors (Lipinski definition) is 0. The van der Waals surface area contributed by atoms with Gasteiger partial charge in [-0.25, -0.2) is 0 Å². The van der Waals surface area contributed by atoms with Crippen molar-refractivity contribution in [3.05, 3.63) is 388 Å². The van der Waals surface area contributed by atoms with E-state index in [4.69, 9.17) is 4.42 Å². The summed E-state index contributed by atoms with van der Waals surface area (Å²) in [6.45, 7) is -0.357. The number of para-hydroxylation sites is 5. The van der Waals surface area contributed by atoms with Gasteiger partial charge < -0.3 is 18.8 Å². The number of aromatic nitrogens is 1. The Morgan fingerprint density at radius 1 is 0.241 bits per heavy atom. The Kier molecular flexibility index (Phi) is 14.3. The first kappa shape index (κ1) is 61.7. The van der Waals surface area contributed by atoms with Crippen LogP contribution in [0, 0.1) is 0 Å². The Labute approximate surface area is 629 Å². The second kappa shape index (κ2) is 25.0. The van der Waals surface area contributed by atoms with E-state index in [0.717, 1.165) is 167 Å². The highest BCUT2D eigenvalue weighted by Gasteiger charge is 2.47. The van der Waals surface area contributed by atoms with Gasteiger partial charge in [0.15, 0.2) is 0 Å². The molecule has 20 aromatic rings. The van der Waals surface area contributed by atoms with E-state index in [2.05, 4.69) is 403 Å². The first-order valence-electron chi connectivity index (χ1n) is 37.1. The smallest absolute Gasteiger partial charge is 0.252 e. The van der Waals surface area contributed by atoms with Crippen molar-refractivity contribution in [2.75, 3.05) is 9.80 Å². The van der Waals surface area contributed by atoms with Crippen LogP contribution in [-0.2, 0) is 0 Å². The molecule has 0 fully saturated rings. The van der Waals surface area contributed by atoms with Gasteiger partial charge in [0.05, 0.1) is 32.8 Å². The molecule has 0 amide bonds. The molecule has 2 aliphatic rings. The van der Waals surface area contributed by atoms with E-state index in [1.807, 2.05) is 11.3 Å². The summed E-state index contributed by atoms with van der Waals surface area (Å²) in [5.74, 6) is 0. The van der Waals surface area contributed by atoms with E-state index in [1.54, 1.807) is 0 Å². The van der Waals surface area contributed by atoms with E-state index in [0.29, 0.717) is 0 Å². The monoisotopic (exact) mass is 1390 g/mol. The molecule has 0 saturated heterocycles. The van der Waals surface area contributed by atoms with Crippen molar-refractivity contribution in [2.24, 2.45) is 0 Å². The summed E-state index contributed by atoms with van der Waals surface area (Å²) in [6.07, 6.45) is 0. The van der Waals surface area contributed by atoms with Crippen molar-refractivity contribution in [3.63, 3.8) is 0 Å². The fraction of sp³-hybridized carbons (Fsp3) is 0. The number of furan rings is 1. The van der Waals surface area contributed by atoms with Crippen LogP contribution in [0.3, 0.4) is 0 Å². The zero-order valence-electron chi connectivity index (χ0n) is 58.7. The second-order valence-corrected chi connectivity index (χ2v) is 29.6. The molecule has 17 aromatic carbocycles. The standard InChI is InChI=1S/C102H64BN3OS/c1-5-27-65(28-6-1)69-35-21-39-73(57-69)78-47-25-48-79(74-40-22-36-70(58-74)66-29-7-2-8-30-66)99(78)105-92-56-55-77(104-90-51-17-13-43-82(90)83-44-14-18-52-91(83)104)61-88(92)103-89-64-96-86(84-45-15-19-53-95(84)107-96)62-93(89)106(101-98(103)94(105)63-87-85-46-16-20-54-97(85)108-102(87)101)100-80(75-41-23-37-71(59-75)67-31-9-3-10-32-67)49-26-50-81(100)76-42-24-38-72(60-76)68-33-11-4-12-34-68/h1-64H. The molecule has 5 heterocycles. The quantitative estimate of drug-likeness (QED) is 0.121. The summed E-state index contributed by atoms with van der Waals surface area (Å²) in [6, 6.07) is 145. The summed E-state index contributed by atoms with van der Waals surface area (Å²) >= 11 is 1.90. The third-order valence-corrected chi connectivity index (χ3v) is 23.7. The van der Waals surface area contributed by atoms with Gasteiger partial charge in [0.25, 0.3) is 6.71 Å². The van der Waals surface area contributed by atoms with Gasteiger partial charge in [-0.15, -0.1) is 11.3 Å². The number of rotatable bonds is 11.